The summed E-state index contributed by atoms with van der Waals surface area (Å²) in [7, 11) is 1.89. The van der Waals surface area contributed by atoms with Crippen LogP contribution >= 0.6 is 0 Å². The van der Waals surface area contributed by atoms with Crippen molar-refractivity contribution in [3.8, 4) is 11.3 Å². The SMILES string of the molecule is Cn1ccc(C2=Nc3cn[nH]c3-c3ccccc3N2)n1. The number of aromatic amines is 1. The van der Waals surface area contributed by atoms with E-state index in [9.17, 15) is 0 Å². The van der Waals surface area contributed by atoms with Gasteiger partial charge in [-0.25, -0.2) is 4.99 Å². The van der Waals surface area contributed by atoms with Crippen molar-refractivity contribution in [2.24, 2.45) is 12.0 Å². The van der Waals surface area contributed by atoms with Crippen LogP contribution in [0.25, 0.3) is 11.3 Å². The van der Waals surface area contributed by atoms with Gasteiger partial charge in [0.2, 0.25) is 0 Å². The van der Waals surface area contributed by atoms with Crippen molar-refractivity contribution in [1.29, 1.82) is 0 Å². The van der Waals surface area contributed by atoms with Gasteiger partial charge < -0.3 is 5.32 Å². The molecule has 6 nitrogen and oxygen atoms in total. The fourth-order valence-electron chi connectivity index (χ4n) is 2.31. The zero-order chi connectivity index (χ0) is 13.5. The van der Waals surface area contributed by atoms with Gasteiger partial charge in [-0.2, -0.15) is 10.2 Å². The molecule has 6 heteroatoms. The lowest BCUT2D eigenvalue weighted by atomic mass is 10.1. The highest BCUT2D eigenvalue weighted by molar-refractivity contribution is 6.11. The van der Waals surface area contributed by atoms with E-state index in [0.29, 0.717) is 0 Å². The highest BCUT2D eigenvalue weighted by atomic mass is 15.3. The summed E-state index contributed by atoms with van der Waals surface area (Å²) in [6, 6.07) is 9.97. The lowest BCUT2D eigenvalue weighted by Crippen LogP contribution is -2.14. The predicted octanol–water partition coefficient (Wildman–Crippen LogP) is 2.31. The third-order valence-corrected chi connectivity index (χ3v) is 3.26. The highest BCUT2D eigenvalue weighted by Crippen LogP contribution is 2.36. The molecule has 0 radical (unpaired) electrons. The lowest BCUT2D eigenvalue weighted by Gasteiger charge is -2.08. The number of fused-ring (bicyclic) bond motifs is 3. The number of hydrogen-bond donors (Lipinski definition) is 2. The normalized spacial score (nSPS) is 12.9. The molecule has 0 bridgehead atoms. The number of aliphatic imine (C=N–C) groups is 1. The first-order valence-electron chi connectivity index (χ1n) is 6.30. The molecule has 3 aromatic rings. The smallest absolute Gasteiger partial charge is 0.159 e. The molecule has 0 saturated carbocycles. The Balaban J connectivity index is 1.93. The summed E-state index contributed by atoms with van der Waals surface area (Å²) in [5, 5.41) is 14.8. The molecule has 0 amide bonds. The maximum absolute atomic E-state index is 4.63. The topological polar surface area (TPSA) is 70.9 Å². The largest absolute Gasteiger partial charge is 0.338 e. The molecule has 1 aromatic carbocycles. The maximum atomic E-state index is 4.63. The average Bonchev–Trinajstić information content (AvgIpc) is 3.05. The second kappa shape index (κ2) is 4.06. The van der Waals surface area contributed by atoms with Crippen molar-refractivity contribution >= 4 is 17.2 Å². The van der Waals surface area contributed by atoms with Gasteiger partial charge in [-0.3, -0.25) is 9.78 Å². The Morgan fingerprint density at radius 1 is 1.15 bits per heavy atom. The van der Waals surface area contributed by atoms with E-state index in [1.807, 2.05) is 43.6 Å². The predicted molar refractivity (Wildman–Crippen MR) is 77.1 cm³/mol. The Bertz CT molecular complexity index is 810. The minimum Gasteiger partial charge on any atom is -0.338 e. The van der Waals surface area contributed by atoms with Crippen LogP contribution in [-0.4, -0.2) is 25.8 Å². The van der Waals surface area contributed by atoms with E-state index in [4.69, 9.17) is 0 Å². The Kier molecular flexibility index (Phi) is 2.23. The van der Waals surface area contributed by atoms with Crippen molar-refractivity contribution in [3.63, 3.8) is 0 Å². The minimum absolute atomic E-state index is 0.721. The van der Waals surface area contributed by atoms with Gasteiger partial charge in [0, 0.05) is 24.5 Å². The number of anilines is 1. The lowest BCUT2D eigenvalue weighted by molar-refractivity contribution is 0.764. The maximum Gasteiger partial charge on any atom is 0.159 e. The van der Waals surface area contributed by atoms with Crippen LogP contribution in [0.15, 0.2) is 47.7 Å². The standard InChI is InChI=1S/C14H12N6/c1-20-7-6-11(19-20)14-16-10-5-3-2-4-9(10)13-12(17-14)8-15-18-13/h2-8H,1H3,(H,15,18)(H,16,17). The molecule has 0 spiro atoms. The van der Waals surface area contributed by atoms with Gasteiger partial charge >= 0.3 is 0 Å². The molecule has 0 fully saturated rings. The molecule has 1 aliphatic rings. The highest BCUT2D eigenvalue weighted by Gasteiger charge is 2.19. The summed E-state index contributed by atoms with van der Waals surface area (Å²) in [5.41, 5.74) is 4.56. The van der Waals surface area contributed by atoms with Crippen LogP contribution in [0.2, 0.25) is 0 Å². The monoisotopic (exact) mass is 264 g/mol. The molecule has 0 atom stereocenters. The molecule has 0 aliphatic carbocycles. The molecule has 4 rings (SSSR count). The molecule has 3 heterocycles. The fourth-order valence-corrected chi connectivity index (χ4v) is 2.31. The minimum atomic E-state index is 0.721. The van der Waals surface area contributed by atoms with Crippen molar-refractivity contribution in [2.45, 2.75) is 0 Å². The number of aryl methyl sites for hydroxylation is 1. The van der Waals surface area contributed by atoms with E-state index in [-0.39, 0.29) is 0 Å². The van der Waals surface area contributed by atoms with Crippen LogP contribution in [0.5, 0.6) is 0 Å². The molecule has 1 aliphatic heterocycles. The number of hydrogen-bond acceptors (Lipinski definition) is 4. The summed E-state index contributed by atoms with van der Waals surface area (Å²) in [6.07, 6.45) is 3.62. The quantitative estimate of drug-likeness (QED) is 0.708. The summed E-state index contributed by atoms with van der Waals surface area (Å²) in [5.74, 6) is 0.721. The van der Waals surface area contributed by atoms with E-state index in [1.54, 1.807) is 10.9 Å². The summed E-state index contributed by atoms with van der Waals surface area (Å²) in [4.78, 5) is 4.63. The van der Waals surface area contributed by atoms with Crippen molar-refractivity contribution in [3.05, 3.63) is 48.4 Å². The van der Waals surface area contributed by atoms with Gasteiger partial charge in [0.1, 0.15) is 11.4 Å². The Labute approximate surface area is 115 Å². The van der Waals surface area contributed by atoms with Crippen molar-refractivity contribution in [1.82, 2.24) is 20.0 Å². The van der Waals surface area contributed by atoms with E-state index in [2.05, 4.69) is 25.6 Å². The summed E-state index contributed by atoms with van der Waals surface area (Å²) < 4.78 is 1.76. The van der Waals surface area contributed by atoms with Gasteiger partial charge in [-0.1, -0.05) is 18.2 Å². The molecule has 0 unspecified atom stereocenters. The molecular formula is C14H12N6. The number of para-hydroxylation sites is 1. The molecule has 20 heavy (non-hydrogen) atoms. The van der Waals surface area contributed by atoms with Crippen LogP contribution in [0, 0.1) is 0 Å². The number of nitrogens with one attached hydrogen (secondary N) is 2. The van der Waals surface area contributed by atoms with Crippen LogP contribution in [0.4, 0.5) is 11.4 Å². The van der Waals surface area contributed by atoms with E-state index in [1.165, 1.54) is 0 Å². The second-order valence-corrected chi connectivity index (χ2v) is 4.64. The first kappa shape index (κ1) is 11.0. The van der Waals surface area contributed by atoms with Crippen LogP contribution in [-0.2, 0) is 7.05 Å². The molecule has 2 N–H and O–H groups in total. The van der Waals surface area contributed by atoms with Crippen molar-refractivity contribution < 1.29 is 0 Å². The number of H-pyrrole nitrogens is 1. The first-order valence-corrected chi connectivity index (χ1v) is 6.30. The zero-order valence-electron chi connectivity index (χ0n) is 10.8. The number of rotatable bonds is 1. The molecular weight excluding hydrogens is 252 g/mol. The molecule has 0 saturated heterocycles. The Morgan fingerprint density at radius 2 is 2.05 bits per heavy atom. The van der Waals surface area contributed by atoms with E-state index in [0.717, 1.165) is 34.2 Å². The van der Waals surface area contributed by atoms with Gasteiger partial charge in [0.25, 0.3) is 0 Å². The van der Waals surface area contributed by atoms with E-state index >= 15 is 0 Å². The average molecular weight is 264 g/mol. The number of aromatic nitrogens is 4. The first-order chi connectivity index (χ1) is 9.81. The number of benzene rings is 1. The number of amidine groups is 1. The zero-order valence-corrected chi connectivity index (χ0v) is 10.8. The summed E-state index contributed by atoms with van der Waals surface area (Å²) in [6.45, 7) is 0. The van der Waals surface area contributed by atoms with Gasteiger partial charge in [-0.05, 0) is 12.1 Å². The third kappa shape index (κ3) is 1.62. The van der Waals surface area contributed by atoms with Gasteiger partial charge in [0.05, 0.1) is 11.9 Å². The van der Waals surface area contributed by atoms with Crippen LogP contribution in [0.1, 0.15) is 5.69 Å². The van der Waals surface area contributed by atoms with Crippen LogP contribution < -0.4 is 5.32 Å². The van der Waals surface area contributed by atoms with Gasteiger partial charge in [-0.15, -0.1) is 0 Å². The van der Waals surface area contributed by atoms with Gasteiger partial charge in [0.15, 0.2) is 5.84 Å². The number of nitrogens with zero attached hydrogens (tertiary/aromatic N) is 4. The summed E-state index contributed by atoms with van der Waals surface area (Å²) >= 11 is 0. The van der Waals surface area contributed by atoms with Crippen LogP contribution in [0.3, 0.4) is 0 Å². The third-order valence-electron chi connectivity index (χ3n) is 3.26. The molecule has 2 aromatic heterocycles. The Morgan fingerprint density at radius 3 is 2.90 bits per heavy atom. The van der Waals surface area contributed by atoms with Crippen molar-refractivity contribution in [2.75, 3.05) is 5.32 Å². The van der Waals surface area contributed by atoms with E-state index < -0.39 is 0 Å². The Hall–Kier alpha value is -2.89. The fraction of sp³-hybridized carbons (Fsp3) is 0.0714. The molecule has 98 valence electrons. The second-order valence-electron chi connectivity index (χ2n) is 4.64.